The molecule has 1 atom stereocenters. The van der Waals surface area contributed by atoms with Crippen LogP contribution in [0.15, 0.2) is 28.7 Å². The van der Waals surface area contributed by atoms with Crippen molar-refractivity contribution < 1.29 is 13.2 Å². The predicted molar refractivity (Wildman–Crippen MR) is 110 cm³/mol. The van der Waals surface area contributed by atoms with E-state index in [2.05, 4.69) is 30.5 Å². The van der Waals surface area contributed by atoms with Crippen molar-refractivity contribution in [3.8, 4) is 0 Å². The molecule has 0 bridgehead atoms. The number of aromatic nitrogens is 2. The molecule has 1 unspecified atom stereocenters. The second kappa shape index (κ2) is 9.62. The largest absolute Gasteiger partial charge is 0.434 e. The number of alkyl halides is 3. The fraction of sp³-hybridized carbons (Fsp3) is 0.500. The van der Waals surface area contributed by atoms with Gasteiger partial charge in [-0.1, -0.05) is 11.6 Å². The van der Waals surface area contributed by atoms with E-state index in [1.54, 1.807) is 12.3 Å². The van der Waals surface area contributed by atoms with Crippen molar-refractivity contribution in [1.29, 1.82) is 0 Å². The molecular formula is C18H22ClF3N6S. The molecule has 3 heterocycles. The van der Waals surface area contributed by atoms with Gasteiger partial charge in [0.15, 0.2) is 11.7 Å². The number of nitrogens with one attached hydrogen (secondary N) is 2. The molecule has 0 amide bonds. The van der Waals surface area contributed by atoms with Crippen molar-refractivity contribution in [2.75, 3.05) is 31.1 Å². The van der Waals surface area contributed by atoms with E-state index < -0.39 is 11.9 Å². The first kappa shape index (κ1) is 21.6. The maximum Gasteiger partial charge on any atom is 0.434 e. The van der Waals surface area contributed by atoms with E-state index >= 15 is 0 Å². The van der Waals surface area contributed by atoms with Crippen LogP contribution in [0.5, 0.6) is 0 Å². The average Bonchev–Trinajstić information content (AvgIpc) is 3.32. The van der Waals surface area contributed by atoms with E-state index in [1.807, 2.05) is 13.0 Å². The zero-order chi connectivity index (χ0) is 20.9. The summed E-state index contributed by atoms with van der Waals surface area (Å²) in [4.78, 5) is 14.6. The predicted octanol–water partition coefficient (Wildman–Crippen LogP) is 3.59. The van der Waals surface area contributed by atoms with Gasteiger partial charge in [0.2, 0.25) is 0 Å². The van der Waals surface area contributed by atoms with Gasteiger partial charge in [0, 0.05) is 50.2 Å². The summed E-state index contributed by atoms with van der Waals surface area (Å²) in [5.74, 6) is 1.41. The van der Waals surface area contributed by atoms with Crippen molar-refractivity contribution in [3.05, 3.63) is 39.4 Å². The second-order valence-corrected chi connectivity index (χ2v) is 7.87. The summed E-state index contributed by atoms with van der Waals surface area (Å²) >= 11 is 7.23. The van der Waals surface area contributed by atoms with Crippen LogP contribution in [0.1, 0.15) is 24.0 Å². The van der Waals surface area contributed by atoms with Crippen LogP contribution in [-0.4, -0.2) is 48.1 Å². The SMILES string of the molecule is CCNC(=NCCc1nc(C(F)(F)F)cs1)NC1CCN(c2ncccc2Cl)C1. The Morgan fingerprint density at radius 3 is 2.97 bits per heavy atom. The van der Waals surface area contributed by atoms with Crippen molar-refractivity contribution in [1.82, 2.24) is 20.6 Å². The lowest BCUT2D eigenvalue weighted by atomic mass is 10.3. The lowest BCUT2D eigenvalue weighted by Gasteiger charge is -2.20. The van der Waals surface area contributed by atoms with E-state index in [0.717, 1.165) is 42.0 Å². The average molecular weight is 447 g/mol. The van der Waals surface area contributed by atoms with Gasteiger partial charge >= 0.3 is 6.18 Å². The van der Waals surface area contributed by atoms with E-state index in [0.29, 0.717) is 35.5 Å². The third kappa shape index (κ3) is 5.96. The molecule has 1 saturated heterocycles. The molecule has 1 fully saturated rings. The zero-order valence-corrected chi connectivity index (χ0v) is 17.4. The minimum atomic E-state index is -4.40. The molecule has 0 aliphatic carbocycles. The summed E-state index contributed by atoms with van der Waals surface area (Å²) in [6, 6.07) is 3.79. The first-order chi connectivity index (χ1) is 13.9. The van der Waals surface area contributed by atoms with Crippen LogP contribution in [0.2, 0.25) is 5.02 Å². The number of nitrogens with zero attached hydrogens (tertiary/aromatic N) is 4. The maximum atomic E-state index is 12.6. The lowest BCUT2D eigenvalue weighted by molar-refractivity contribution is -0.140. The van der Waals surface area contributed by atoms with E-state index in [9.17, 15) is 13.2 Å². The van der Waals surface area contributed by atoms with Crippen molar-refractivity contribution in [2.45, 2.75) is 32.0 Å². The number of halogens is 4. The molecule has 11 heteroatoms. The highest BCUT2D eigenvalue weighted by atomic mass is 35.5. The van der Waals surface area contributed by atoms with Crippen molar-refractivity contribution >= 4 is 34.7 Å². The molecule has 2 aromatic heterocycles. The van der Waals surface area contributed by atoms with Gasteiger partial charge < -0.3 is 15.5 Å². The maximum absolute atomic E-state index is 12.6. The van der Waals surface area contributed by atoms with Gasteiger partial charge in [-0.25, -0.2) is 9.97 Å². The Hall–Kier alpha value is -2.07. The molecule has 3 rings (SSSR count). The molecule has 2 aromatic rings. The van der Waals surface area contributed by atoms with E-state index in [4.69, 9.17) is 11.6 Å². The summed E-state index contributed by atoms with van der Waals surface area (Å²) in [7, 11) is 0. The number of guanidine groups is 1. The van der Waals surface area contributed by atoms with Gasteiger partial charge in [-0.3, -0.25) is 4.99 Å². The van der Waals surface area contributed by atoms with E-state index in [1.165, 1.54) is 0 Å². The van der Waals surface area contributed by atoms with Crippen LogP contribution in [-0.2, 0) is 12.6 Å². The standard InChI is InChI=1S/C18H22ClF3N6S/c1-2-23-17(25-8-5-15-27-14(11-29-15)18(20,21)22)26-12-6-9-28(10-12)16-13(19)4-3-7-24-16/h3-4,7,11-12H,2,5-6,8-10H2,1H3,(H2,23,25,26). The fourth-order valence-corrected chi connectivity index (χ4v) is 4.05. The Bertz CT molecular complexity index is 841. The highest BCUT2D eigenvalue weighted by molar-refractivity contribution is 7.09. The summed E-state index contributed by atoms with van der Waals surface area (Å²) < 4.78 is 37.9. The van der Waals surface area contributed by atoms with Crippen molar-refractivity contribution in [3.63, 3.8) is 0 Å². The highest BCUT2D eigenvalue weighted by Gasteiger charge is 2.33. The normalized spacial score (nSPS) is 17.6. The van der Waals surface area contributed by atoms with Crippen molar-refractivity contribution in [2.24, 2.45) is 4.99 Å². The van der Waals surface area contributed by atoms with Gasteiger partial charge in [-0.2, -0.15) is 13.2 Å². The molecule has 0 saturated carbocycles. The molecule has 1 aliphatic heterocycles. The summed E-state index contributed by atoms with van der Waals surface area (Å²) in [5, 5.41) is 8.64. The summed E-state index contributed by atoms with van der Waals surface area (Å²) in [5.41, 5.74) is -0.842. The molecule has 0 aromatic carbocycles. The molecule has 158 valence electrons. The number of anilines is 1. The van der Waals surface area contributed by atoms with Gasteiger partial charge in [0.1, 0.15) is 5.82 Å². The minimum Gasteiger partial charge on any atom is -0.357 e. The smallest absolute Gasteiger partial charge is 0.357 e. The lowest BCUT2D eigenvalue weighted by Crippen LogP contribution is -2.44. The minimum absolute atomic E-state index is 0.169. The van der Waals surface area contributed by atoms with Crippen LogP contribution < -0.4 is 15.5 Å². The molecule has 29 heavy (non-hydrogen) atoms. The Kier molecular flexibility index (Phi) is 7.18. The number of rotatable bonds is 6. The third-order valence-corrected chi connectivity index (χ3v) is 5.55. The van der Waals surface area contributed by atoms with Gasteiger partial charge in [0.25, 0.3) is 0 Å². The van der Waals surface area contributed by atoms with Gasteiger partial charge in [-0.15, -0.1) is 11.3 Å². The number of aliphatic imine (C=N–C) groups is 1. The van der Waals surface area contributed by atoms with Crippen LogP contribution in [0, 0.1) is 0 Å². The number of hydrogen-bond acceptors (Lipinski definition) is 5. The number of hydrogen-bond donors (Lipinski definition) is 2. The quantitative estimate of drug-likeness (QED) is 0.524. The third-order valence-electron chi connectivity index (χ3n) is 4.35. The molecule has 1 aliphatic rings. The molecule has 0 radical (unpaired) electrons. The monoisotopic (exact) mass is 446 g/mol. The molecule has 6 nitrogen and oxygen atoms in total. The molecule has 2 N–H and O–H groups in total. The Morgan fingerprint density at radius 1 is 1.45 bits per heavy atom. The van der Waals surface area contributed by atoms with Crippen LogP contribution >= 0.6 is 22.9 Å². The number of pyridine rings is 1. The first-order valence-electron chi connectivity index (χ1n) is 9.28. The molecule has 0 spiro atoms. The van der Waals surface area contributed by atoms with E-state index in [-0.39, 0.29) is 6.04 Å². The Morgan fingerprint density at radius 2 is 2.28 bits per heavy atom. The topological polar surface area (TPSA) is 65.4 Å². The molecular weight excluding hydrogens is 425 g/mol. The van der Waals surface area contributed by atoms with Crippen LogP contribution in [0.25, 0.3) is 0 Å². The van der Waals surface area contributed by atoms with Crippen LogP contribution in [0.3, 0.4) is 0 Å². The first-order valence-corrected chi connectivity index (χ1v) is 10.5. The van der Waals surface area contributed by atoms with Crippen LogP contribution in [0.4, 0.5) is 19.0 Å². The summed E-state index contributed by atoms with van der Waals surface area (Å²) in [6.07, 6.45) is -1.42. The van der Waals surface area contributed by atoms with Gasteiger partial charge in [-0.05, 0) is 25.5 Å². The second-order valence-electron chi connectivity index (χ2n) is 6.52. The van der Waals surface area contributed by atoms with Gasteiger partial charge in [0.05, 0.1) is 10.0 Å². The highest BCUT2D eigenvalue weighted by Crippen LogP contribution is 2.30. The Labute approximate surface area is 176 Å². The summed E-state index contributed by atoms with van der Waals surface area (Å²) in [6.45, 7) is 4.56. The number of thiazole rings is 1. The zero-order valence-electron chi connectivity index (χ0n) is 15.8. The Balaban J connectivity index is 1.54. The fourth-order valence-electron chi connectivity index (χ4n) is 3.01.